The first-order chi connectivity index (χ1) is 8.80. The summed E-state index contributed by atoms with van der Waals surface area (Å²) in [4.78, 5) is 9.95. The number of nitrogens with two attached hydrogens (primary N) is 1. The first-order valence-corrected chi connectivity index (χ1v) is 7.55. The lowest BCUT2D eigenvalue weighted by Gasteiger charge is -2.15. The maximum Gasteiger partial charge on any atom is 0.304 e. The molecule has 1 aromatic heterocycles. The molecular weight excluding hydrogens is 294 g/mol. The Hall–Kier alpha value is -1.23. The normalized spacial score (nSPS) is 11.9. The number of ether oxygens (including phenoxy) is 1. The van der Waals surface area contributed by atoms with E-state index in [2.05, 4.69) is 0 Å². The SMILES string of the molecule is COCCCN(C)S(=O)(=O)c1cc([N+](=O)[O-])c(N)s1. The van der Waals surface area contributed by atoms with E-state index < -0.39 is 14.9 Å². The molecule has 0 fully saturated rings. The molecular formula is C9H15N3O5S2. The number of hydrogen-bond acceptors (Lipinski definition) is 7. The lowest BCUT2D eigenvalue weighted by Crippen LogP contribution is -2.28. The highest BCUT2D eigenvalue weighted by Gasteiger charge is 2.27. The summed E-state index contributed by atoms with van der Waals surface area (Å²) in [7, 11) is -0.808. The van der Waals surface area contributed by atoms with Crippen LogP contribution in [0, 0.1) is 10.1 Å². The molecule has 0 saturated carbocycles. The smallest absolute Gasteiger partial charge is 0.304 e. The number of methoxy groups -OCH3 is 1. The quantitative estimate of drug-likeness (QED) is 0.454. The Kier molecular flexibility index (Phi) is 5.23. The molecule has 0 aliphatic rings. The summed E-state index contributed by atoms with van der Waals surface area (Å²) in [6, 6.07) is 0.988. The van der Waals surface area contributed by atoms with Crippen molar-refractivity contribution < 1.29 is 18.1 Å². The third kappa shape index (κ3) is 3.62. The van der Waals surface area contributed by atoms with Gasteiger partial charge in [0.2, 0.25) is 0 Å². The Bertz CT molecular complexity index is 554. The first-order valence-electron chi connectivity index (χ1n) is 5.29. The van der Waals surface area contributed by atoms with Gasteiger partial charge in [-0.15, -0.1) is 0 Å². The van der Waals surface area contributed by atoms with Gasteiger partial charge in [0.05, 0.1) is 4.92 Å². The topological polar surface area (TPSA) is 116 Å². The minimum absolute atomic E-state index is 0.117. The average Bonchev–Trinajstić information content (AvgIpc) is 2.72. The van der Waals surface area contributed by atoms with E-state index in [1.807, 2.05) is 0 Å². The molecule has 2 N–H and O–H groups in total. The monoisotopic (exact) mass is 309 g/mol. The van der Waals surface area contributed by atoms with Crippen LogP contribution in [0.25, 0.3) is 0 Å². The number of nitrogens with zero attached hydrogens (tertiary/aromatic N) is 2. The van der Waals surface area contributed by atoms with Crippen molar-refractivity contribution in [2.75, 3.05) is 33.0 Å². The van der Waals surface area contributed by atoms with Crippen molar-refractivity contribution in [3.05, 3.63) is 16.2 Å². The summed E-state index contributed by atoms with van der Waals surface area (Å²) in [6.45, 7) is 0.703. The first kappa shape index (κ1) is 15.8. The van der Waals surface area contributed by atoms with Crippen LogP contribution >= 0.6 is 11.3 Å². The molecule has 1 heterocycles. The standard InChI is InChI=1S/C9H15N3O5S2/c1-11(4-3-5-17-2)19(15,16)8-6-7(12(13)14)9(10)18-8/h6H,3-5,10H2,1-2H3. The van der Waals surface area contributed by atoms with Gasteiger partial charge < -0.3 is 10.5 Å². The molecule has 0 aromatic carbocycles. The van der Waals surface area contributed by atoms with Crippen LogP contribution in [0.15, 0.2) is 10.3 Å². The highest BCUT2D eigenvalue weighted by molar-refractivity contribution is 7.91. The van der Waals surface area contributed by atoms with Crippen LogP contribution in [0.1, 0.15) is 6.42 Å². The lowest BCUT2D eigenvalue weighted by atomic mass is 10.5. The van der Waals surface area contributed by atoms with Crippen molar-refractivity contribution in [2.45, 2.75) is 10.6 Å². The van der Waals surface area contributed by atoms with Gasteiger partial charge >= 0.3 is 5.69 Å². The van der Waals surface area contributed by atoms with E-state index in [4.69, 9.17) is 10.5 Å². The minimum atomic E-state index is -3.74. The maximum atomic E-state index is 12.1. The third-order valence-electron chi connectivity index (χ3n) is 2.40. The fourth-order valence-corrected chi connectivity index (χ4v) is 3.98. The predicted molar refractivity (Wildman–Crippen MR) is 71.7 cm³/mol. The highest BCUT2D eigenvalue weighted by atomic mass is 32.2. The zero-order valence-corrected chi connectivity index (χ0v) is 12.2. The van der Waals surface area contributed by atoms with Crippen LogP contribution in [0.4, 0.5) is 10.7 Å². The van der Waals surface area contributed by atoms with Crippen molar-refractivity contribution in [2.24, 2.45) is 0 Å². The zero-order chi connectivity index (χ0) is 14.6. The number of thiophene rings is 1. The largest absolute Gasteiger partial charge is 0.385 e. The molecule has 0 radical (unpaired) electrons. The number of rotatable bonds is 7. The van der Waals surface area contributed by atoms with Crippen LogP contribution in [0.3, 0.4) is 0 Å². The molecule has 0 aliphatic carbocycles. The van der Waals surface area contributed by atoms with Crippen molar-refractivity contribution >= 4 is 32.0 Å². The number of nitro groups is 1. The predicted octanol–water partition coefficient (Wildman–Crippen LogP) is 0.896. The third-order valence-corrected chi connectivity index (χ3v) is 5.66. The zero-order valence-electron chi connectivity index (χ0n) is 10.5. The molecule has 1 aromatic rings. The minimum Gasteiger partial charge on any atom is -0.385 e. The Morgan fingerprint density at radius 1 is 1.58 bits per heavy atom. The summed E-state index contributed by atoms with van der Waals surface area (Å²) in [6.07, 6.45) is 0.537. The van der Waals surface area contributed by atoms with Gasteiger partial charge in [-0.1, -0.05) is 11.3 Å². The fraction of sp³-hybridized carbons (Fsp3) is 0.556. The molecule has 0 aliphatic heterocycles. The Labute approximate surface area is 115 Å². The van der Waals surface area contributed by atoms with Crippen molar-refractivity contribution in [1.82, 2.24) is 4.31 Å². The van der Waals surface area contributed by atoms with Crippen LogP contribution in [0.2, 0.25) is 0 Å². The van der Waals surface area contributed by atoms with Crippen LogP contribution in [-0.4, -0.2) is 45.0 Å². The van der Waals surface area contributed by atoms with Gasteiger partial charge in [0, 0.05) is 33.4 Å². The molecule has 8 nitrogen and oxygen atoms in total. The van der Waals surface area contributed by atoms with E-state index in [1.165, 1.54) is 14.2 Å². The van der Waals surface area contributed by atoms with Gasteiger partial charge in [0.1, 0.15) is 4.21 Å². The average molecular weight is 309 g/mol. The summed E-state index contributed by atoms with van der Waals surface area (Å²) >= 11 is 0.692. The molecule has 0 amide bonds. The lowest BCUT2D eigenvalue weighted by molar-refractivity contribution is -0.383. The van der Waals surface area contributed by atoms with Gasteiger partial charge in [-0.05, 0) is 6.42 Å². The van der Waals surface area contributed by atoms with Crippen molar-refractivity contribution in [1.29, 1.82) is 0 Å². The van der Waals surface area contributed by atoms with E-state index in [-0.39, 0.29) is 21.4 Å². The van der Waals surface area contributed by atoms with Crippen LogP contribution in [-0.2, 0) is 14.8 Å². The summed E-state index contributed by atoms with van der Waals surface area (Å²) in [5.41, 5.74) is 5.05. The van der Waals surface area contributed by atoms with E-state index >= 15 is 0 Å². The molecule has 1 rings (SSSR count). The van der Waals surface area contributed by atoms with Crippen molar-refractivity contribution in [3.63, 3.8) is 0 Å². The Balaban J connectivity index is 2.94. The van der Waals surface area contributed by atoms with Gasteiger partial charge in [0.15, 0.2) is 5.00 Å². The molecule has 0 atom stereocenters. The van der Waals surface area contributed by atoms with Gasteiger partial charge in [-0.3, -0.25) is 10.1 Å². The molecule has 10 heteroatoms. The molecule has 0 saturated heterocycles. The molecule has 0 spiro atoms. The van der Waals surface area contributed by atoms with E-state index in [0.29, 0.717) is 24.4 Å². The fourth-order valence-electron chi connectivity index (χ4n) is 1.35. The second-order valence-corrected chi connectivity index (χ2v) is 7.10. The molecule has 108 valence electrons. The highest BCUT2D eigenvalue weighted by Crippen LogP contribution is 2.35. The van der Waals surface area contributed by atoms with Gasteiger partial charge in [-0.2, -0.15) is 0 Å². The molecule has 0 unspecified atom stereocenters. The summed E-state index contributed by atoms with van der Waals surface area (Å²) in [5, 5.41) is 10.5. The summed E-state index contributed by atoms with van der Waals surface area (Å²) < 4.78 is 30.1. The second kappa shape index (κ2) is 6.28. The maximum absolute atomic E-state index is 12.1. The number of sulfonamides is 1. The Morgan fingerprint density at radius 2 is 2.21 bits per heavy atom. The van der Waals surface area contributed by atoms with Crippen LogP contribution in [0.5, 0.6) is 0 Å². The number of nitrogen functional groups attached to an aromatic ring is 1. The molecule has 19 heavy (non-hydrogen) atoms. The second-order valence-electron chi connectivity index (χ2n) is 3.74. The van der Waals surface area contributed by atoms with Crippen molar-refractivity contribution in [3.8, 4) is 0 Å². The summed E-state index contributed by atoms with van der Waals surface area (Å²) in [5.74, 6) is 0. The van der Waals surface area contributed by atoms with Crippen LogP contribution < -0.4 is 5.73 Å². The van der Waals surface area contributed by atoms with E-state index in [9.17, 15) is 18.5 Å². The Morgan fingerprint density at radius 3 is 2.68 bits per heavy atom. The number of hydrogen-bond donors (Lipinski definition) is 1. The number of anilines is 1. The van der Waals surface area contributed by atoms with E-state index in [1.54, 1.807) is 0 Å². The molecule has 0 bridgehead atoms. The van der Waals surface area contributed by atoms with Gasteiger partial charge in [-0.25, -0.2) is 12.7 Å². The van der Waals surface area contributed by atoms with Gasteiger partial charge in [0.25, 0.3) is 10.0 Å². The van der Waals surface area contributed by atoms with E-state index in [0.717, 1.165) is 10.4 Å².